The standard InChI is InChI=1S/C19H27N3OS/c1-5-9-16(4)23-13-12-22(14-15(2)3)19-21-20-18(24-19)17-10-7-6-8-11-17/h6-11,15H,5,12-14H2,1-4H3/b16-9+. The monoisotopic (exact) mass is 345 g/mol. The number of allylic oxidation sites excluding steroid dienone is 2. The van der Waals surface area contributed by atoms with Crippen LogP contribution in [0.1, 0.15) is 34.1 Å². The molecule has 2 rings (SSSR count). The summed E-state index contributed by atoms with van der Waals surface area (Å²) in [7, 11) is 0. The van der Waals surface area contributed by atoms with Gasteiger partial charge in [-0.25, -0.2) is 0 Å². The Morgan fingerprint density at radius 3 is 2.67 bits per heavy atom. The minimum Gasteiger partial charge on any atom is -0.497 e. The molecule has 0 N–H and O–H groups in total. The Labute approximate surface area is 149 Å². The minimum absolute atomic E-state index is 0.557. The molecule has 4 nitrogen and oxygen atoms in total. The fourth-order valence-electron chi connectivity index (χ4n) is 2.41. The molecule has 0 aliphatic carbocycles. The molecule has 0 fully saturated rings. The van der Waals surface area contributed by atoms with Crippen LogP contribution < -0.4 is 4.90 Å². The van der Waals surface area contributed by atoms with E-state index < -0.39 is 0 Å². The van der Waals surface area contributed by atoms with Gasteiger partial charge < -0.3 is 9.64 Å². The van der Waals surface area contributed by atoms with Crippen LogP contribution >= 0.6 is 11.3 Å². The molecule has 1 aromatic carbocycles. The van der Waals surface area contributed by atoms with Gasteiger partial charge in [0.1, 0.15) is 11.6 Å². The summed E-state index contributed by atoms with van der Waals surface area (Å²) in [6, 6.07) is 10.2. The molecule has 0 amide bonds. The number of rotatable bonds is 9. The number of aromatic nitrogens is 2. The smallest absolute Gasteiger partial charge is 0.208 e. The average molecular weight is 346 g/mol. The van der Waals surface area contributed by atoms with Crippen molar-refractivity contribution < 1.29 is 4.74 Å². The van der Waals surface area contributed by atoms with Crippen molar-refractivity contribution in [2.24, 2.45) is 5.92 Å². The fourth-order valence-corrected chi connectivity index (χ4v) is 3.29. The van der Waals surface area contributed by atoms with Gasteiger partial charge in [0.25, 0.3) is 0 Å². The molecule has 0 bridgehead atoms. The number of anilines is 1. The first-order valence-corrected chi connectivity index (χ1v) is 9.35. The van der Waals surface area contributed by atoms with E-state index in [9.17, 15) is 0 Å². The van der Waals surface area contributed by atoms with Gasteiger partial charge in [-0.3, -0.25) is 0 Å². The maximum atomic E-state index is 5.78. The summed E-state index contributed by atoms with van der Waals surface area (Å²) in [5.74, 6) is 1.55. The summed E-state index contributed by atoms with van der Waals surface area (Å²) in [6.45, 7) is 11.0. The number of hydrogen-bond donors (Lipinski definition) is 0. The van der Waals surface area contributed by atoms with Gasteiger partial charge in [-0.1, -0.05) is 62.4 Å². The lowest BCUT2D eigenvalue weighted by molar-refractivity contribution is 0.218. The van der Waals surface area contributed by atoms with Gasteiger partial charge in [-0.15, -0.1) is 10.2 Å². The second-order valence-corrected chi connectivity index (χ2v) is 7.12. The maximum absolute atomic E-state index is 5.78. The van der Waals surface area contributed by atoms with E-state index in [4.69, 9.17) is 4.74 Å². The van der Waals surface area contributed by atoms with Crippen LogP contribution in [-0.2, 0) is 4.74 Å². The first-order chi connectivity index (χ1) is 11.6. The van der Waals surface area contributed by atoms with Crippen molar-refractivity contribution in [3.8, 4) is 10.6 Å². The van der Waals surface area contributed by atoms with Crippen molar-refractivity contribution in [3.63, 3.8) is 0 Å². The molecule has 0 radical (unpaired) electrons. The van der Waals surface area contributed by atoms with Crippen LogP contribution in [0.4, 0.5) is 5.13 Å². The van der Waals surface area contributed by atoms with Crippen LogP contribution in [0.15, 0.2) is 42.2 Å². The van der Waals surface area contributed by atoms with Gasteiger partial charge >= 0.3 is 0 Å². The third-order valence-electron chi connectivity index (χ3n) is 3.47. The molecule has 0 saturated heterocycles. The van der Waals surface area contributed by atoms with Crippen molar-refractivity contribution in [1.29, 1.82) is 0 Å². The van der Waals surface area contributed by atoms with Crippen LogP contribution in [-0.4, -0.2) is 29.9 Å². The Hall–Kier alpha value is -1.88. The summed E-state index contributed by atoms with van der Waals surface area (Å²) < 4.78 is 5.78. The Morgan fingerprint density at radius 2 is 2.00 bits per heavy atom. The molecule has 0 unspecified atom stereocenters. The Morgan fingerprint density at radius 1 is 1.25 bits per heavy atom. The van der Waals surface area contributed by atoms with Crippen LogP contribution in [0.2, 0.25) is 0 Å². The second kappa shape index (κ2) is 9.42. The molecule has 24 heavy (non-hydrogen) atoms. The molecule has 1 aromatic heterocycles. The van der Waals surface area contributed by atoms with Gasteiger partial charge in [0.2, 0.25) is 5.13 Å². The van der Waals surface area contributed by atoms with Crippen LogP contribution in [0, 0.1) is 5.92 Å². The van der Waals surface area contributed by atoms with Crippen molar-refractivity contribution in [2.45, 2.75) is 34.1 Å². The van der Waals surface area contributed by atoms with E-state index in [1.54, 1.807) is 11.3 Å². The molecular formula is C19H27N3OS. The van der Waals surface area contributed by atoms with E-state index in [1.165, 1.54) is 0 Å². The van der Waals surface area contributed by atoms with Gasteiger partial charge in [-0.05, 0) is 25.3 Å². The average Bonchev–Trinajstić information content (AvgIpc) is 3.04. The predicted molar refractivity (Wildman–Crippen MR) is 102 cm³/mol. The highest BCUT2D eigenvalue weighted by molar-refractivity contribution is 7.18. The van der Waals surface area contributed by atoms with Crippen molar-refractivity contribution in [1.82, 2.24) is 10.2 Å². The predicted octanol–water partition coefficient (Wildman–Crippen LogP) is 5.00. The lowest BCUT2D eigenvalue weighted by Gasteiger charge is -2.23. The Kier molecular flexibility index (Phi) is 7.25. The fraction of sp³-hybridized carbons (Fsp3) is 0.474. The van der Waals surface area contributed by atoms with E-state index in [-0.39, 0.29) is 0 Å². The molecule has 130 valence electrons. The maximum Gasteiger partial charge on any atom is 0.208 e. The van der Waals surface area contributed by atoms with Crippen LogP contribution in [0.25, 0.3) is 10.6 Å². The molecule has 0 aliphatic rings. The highest BCUT2D eigenvalue weighted by Crippen LogP contribution is 2.28. The summed E-state index contributed by atoms with van der Waals surface area (Å²) in [4.78, 5) is 2.27. The highest BCUT2D eigenvalue weighted by atomic mass is 32.1. The van der Waals surface area contributed by atoms with Gasteiger partial charge in [0.05, 0.1) is 12.3 Å². The third-order valence-corrected chi connectivity index (χ3v) is 4.51. The topological polar surface area (TPSA) is 38.2 Å². The molecule has 0 saturated carbocycles. The zero-order chi connectivity index (χ0) is 17.4. The SMILES string of the molecule is CC/C=C(\C)OCCN(CC(C)C)c1nnc(-c2ccccc2)s1. The molecule has 1 heterocycles. The first kappa shape index (κ1) is 18.5. The quantitative estimate of drug-likeness (QED) is 0.600. The lowest BCUT2D eigenvalue weighted by Crippen LogP contribution is -2.31. The molecular weight excluding hydrogens is 318 g/mol. The van der Waals surface area contributed by atoms with E-state index in [1.807, 2.05) is 25.1 Å². The van der Waals surface area contributed by atoms with E-state index in [0.29, 0.717) is 12.5 Å². The van der Waals surface area contributed by atoms with Crippen molar-refractivity contribution in [3.05, 3.63) is 42.2 Å². The van der Waals surface area contributed by atoms with Gasteiger partial charge in [0.15, 0.2) is 0 Å². The summed E-state index contributed by atoms with van der Waals surface area (Å²) in [6.07, 6.45) is 3.10. The largest absolute Gasteiger partial charge is 0.497 e. The molecule has 0 spiro atoms. The zero-order valence-corrected chi connectivity index (χ0v) is 15.8. The van der Waals surface area contributed by atoms with E-state index in [0.717, 1.165) is 41.0 Å². The third kappa shape index (κ3) is 5.64. The number of benzene rings is 1. The van der Waals surface area contributed by atoms with Gasteiger partial charge in [-0.2, -0.15) is 0 Å². The minimum atomic E-state index is 0.557. The van der Waals surface area contributed by atoms with E-state index in [2.05, 4.69) is 54.1 Å². The summed E-state index contributed by atoms with van der Waals surface area (Å²) >= 11 is 1.64. The summed E-state index contributed by atoms with van der Waals surface area (Å²) in [5, 5.41) is 10.7. The number of ether oxygens (including phenoxy) is 1. The Balaban J connectivity index is 2.05. The Bertz CT molecular complexity index is 637. The normalized spacial score (nSPS) is 11.8. The van der Waals surface area contributed by atoms with E-state index >= 15 is 0 Å². The molecule has 0 atom stereocenters. The van der Waals surface area contributed by atoms with Crippen molar-refractivity contribution >= 4 is 16.5 Å². The number of nitrogens with zero attached hydrogens (tertiary/aromatic N) is 3. The van der Waals surface area contributed by atoms with Crippen LogP contribution in [0.3, 0.4) is 0 Å². The first-order valence-electron chi connectivity index (χ1n) is 8.53. The lowest BCUT2D eigenvalue weighted by atomic mass is 10.2. The van der Waals surface area contributed by atoms with Gasteiger partial charge in [0, 0.05) is 12.1 Å². The molecule has 0 aliphatic heterocycles. The number of hydrogen-bond acceptors (Lipinski definition) is 5. The summed E-state index contributed by atoms with van der Waals surface area (Å²) in [5.41, 5.74) is 1.11. The highest BCUT2D eigenvalue weighted by Gasteiger charge is 2.15. The van der Waals surface area contributed by atoms with Crippen molar-refractivity contribution in [2.75, 3.05) is 24.6 Å². The second-order valence-electron chi connectivity index (χ2n) is 6.17. The zero-order valence-electron chi connectivity index (χ0n) is 15.0. The van der Waals surface area contributed by atoms with Crippen LogP contribution in [0.5, 0.6) is 0 Å². The molecule has 5 heteroatoms. The molecule has 2 aromatic rings.